The van der Waals surface area contributed by atoms with Crippen LogP contribution in [0.4, 0.5) is 0 Å². The zero-order valence-corrected chi connectivity index (χ0v) is 17.4. The van der Waals surface area contributed by atoms with Gasteiger partial charge in [-0.25, -0.2) is 0 Å². The highest BCUT2D eigenvalue weighted by molar-refractivity contribution is 5.85. The zero-order valence-electron chi connectivity index (χ0n) is 17.4. The minimum absolute atomic E-state index is 0.0527. The predicted octanol–water partition coefficient (Wildman–Crippen LogP) is 4.00. The van der Waals surface area contributed by atoms with E-state index in [9.17, 15) is 14.7 Å². The lowest BCUT2D eigenvalue weighted by Gasteiger charge is -2.52. The number of ether oxygens (including phenoxy) is 1. The first-order valence-electron chi connectivity index (χ1n) is 10.6. The van der Waals surface area contributed by atoms with Gasteiger partial charge in [-0.2, -0.15) is 0 Å². The molecule has 28 heavy (non-hydrogen) atoms. The van der Waals surface area contributed by atoms with Crippen LogP contribution in [-0.2, 0) is 14.3 Å². The lowest BCUT2D eigenvalue weighted by atomic mass is 9.52. The number of hydrogen-bond donors (Lipinski definition) is 1. The number of aliphatic hydroxyl groups is 1. The summed E-state index contributed by atoms with van der Waals surface area (Å²) in [6.07, 6.45) is 12.1. The van der Waals surface area contributed by atoms with Gasteiger partial charge in [-0.3, -0.25) is 9.59 Å². The monoisotopic (exact) mass is 384 g/mol. The summed E-state index contributed by atoms with van der Waals surface area (Å²) in [7, 11) is 0. The quantitative estimate of drug-likeness (QED) is 0.590. The van der Waals surface area contributed by atoms with E-state index in [-0.39, 0.29) is 29.1 Å². The number of aliphatic hydroxyl groups excluding tert-OH is 1. The van der Waals surface area contributed by atoms with E-state index in [4.69, 9.17) is 4.74 Å². The second-order valence-electron chi connectivity index (χ2n) is 9.80. The molecule has 1 N–H and O–H groups in total. The molecule has 4 aliphatic carbocycles. The van der Waals surface area contributed by atoms with E-state index in [1.807, 2.05) is 12.2 Å². The van der Waals surface area contributed by atoms with E-state index in [0.717, 1.165) is 25.7 Å². The largest absolute Gasteiger partial charge is 0.458 e. The molecule has 0 aromatic rings. The molecule has 0 aromatic carbocycles. The highest BCUT2D eigenvalue weighted by atomic mass is 16.5. The molecule has 0 aromatic heterocycles. The van der Waals surface area contributed by atoms with Gasteiger partial charge >= 0.3 is 5.97 Å². The number of allylic oxidation sites excluding steroid dienone is 4. The molecule has 4 rings (SSSR count). The molecule has 0 aliphatic heterocycles. The number of Topliss-reactive ketones (excluding diaryl/α,β-unsaturated/α-hetero) is 1. The molecule has 4 heteroatoms. The van der Waals surface area contributed by atoms with E-state index in [2.05, 4.69) is 32.9 Å². The van der Waals surface area contributed by atoms with Crippen molar-refractivity contribution >= 4 is 11.8 Å². The van der Waals surface area contributed by atoms with Crippen LogP contribution < -0.4 is 0 Å². The van der Waals surface area contributed by atoms with Gasteiger partial charge in [0.15, 0.2) is 5.78 Å². The summed E-state index contributed by atoms with van der Waals surface area (Å²) in [5.41, 5.74) is 2.66. The first-order valence-corrected chi connectivity index (χ1v) is 10.6. The van der Waals surface area contributed by atoms with Crippen molar-refractivity contribution in [1.29, 1.82) is 0 Å². The number of fused-ring (bicyclic) bond motifs is 5. The SMILES string of the molecule is CC(=O)OCC(=O)[C@H]1[C@@H](C)CC2C3CCC4=CC(O)C=C[C@]4(C)C3=CC[C@@]21C. The maximum absolute atomic E-state index is 13.0. The summed E-state index contributed by atoms with van der Waals surface area (Å²) in [6, 6.07) is 0. The van der Waals surface area contributed by atoms with Crippen molar-refractivity contribution in [1.82, 2.24) is 0 Å². The molecule has 0 radical (unpaired) electrons. The second kappa shape index (κ2) is 6.69. The molecule has 7 atom stereocenters. The summed E-state index contributed by atoms with van der Waals surface area (Å²) in [5.74, 6) is 0.898. The summed E-state index contributed by atoms with van der Waals surface area (Å²) in [5, 5.41) is 10.0. The molecule has 2 fully saturated rings. The van der Waals surface area contributed by atoms with Gasteiger partial charge in [-0.1, -0.05) is 49.3 Å². The molecule has 0 spiro atoms. The van der Waals surface area contributed by atoms with Crippen molar-refractivity contribution in [3.05, 3.63) is 35.5 Å². The van der Waals surface area contributed by atoms with Gasteiger partial charge in [-0.15, -0.1) is 0 Å². The van der Waals surface area contributed by atoms with Crippen LogP contribution in [0.25, 0.3) is 0 Å². The van der Waals surface area contributed by atoms with Crippen molar-refractivity contribution in [2.45, 2.75) is 59.5 Å². The molecule has 0 bridgehead atoms. The van der Waals surface area contributed by atoms with Crippen LogP contribution in [0.15, 0.2) is 35.5 Å². The number of carbonyl (C=O) groups is 2. The minimum atomic E-state index is -0.469. The first-order chi connectivity index (χ1) is 13.2. The Kier molecular flexibility index (Phi) is 4.69. The molecule has 0 heterocycles. The fraction of sp³-hybridized carbons (Fsp3) is 0.667. The molecular weight excluding hydrogens is 352 g/mol. The van der Waals surface area contributed by atoms with E-state index in [0.29, 0.717) is 17.8 Å². The van der Waals surface area contributed by atoms with Crippen LogP contribution >= 0.6 is 0 Å². The average Bonchev–Trinajstić information content (AvgIpc) is 2.90. The van der Waals surface area contributed by atoms with Crippen LogP contribution in [0.2, 0.25) is 0 Å². The maximum Gasteiger partial charge on any atom is 0.303 e. The smallest absolute Gasteiger partial charge is 0.303 e. The number of carbonyl (C=O) groups excluding carboxylic acids is 2. The van der Waals surface area contributed by atoms with Gasteiger partial charge in [0.05, 0.1) is 6.10 Å². The fourth-order valence-electron chi connectivity index (χ4n) is 6.96. The van der Waals surface area contributed by atoms with E-state index in [1.54, 1.807) is 0 Å². The van der Waals surface area contributed by atoms with Crippen molar-refractivity contribution < 1.29 is 19.4 Å². The Morgan fingerprint density at radius 1 is 1.32 bits per heavy atom. The highest BCUT2D eigenvalue weighted by Gasteiger charge is 2.59. The Morgan fingerprint density at radius 3 is 2.79 bits per heavy atom. The van der Waals surface area contributed by atoms with E-state index >= 15 is 0 Å². The third-order valence-corrected chi connectivity index (χ3v) is 8.15. The molecule has 3 unspecified atom stereocenters. The first kappa shape index (κ1) is 19.6. The van der Waals surface area contributed by atoms with Gasteiger partial charge in [0, 0.05) is 18.3 Å². The molecular formula is C24H32O4. The molecule has 0 amide bonds. The van der Waals surface area contributed by atoms with Crippen molar-refractivity contribution in [2.75, 3.05) is 6.61 Å². The second-order valence-corrected chi connectivity index (χ2v) is 9.80. The maximum atomic E-state index is 13.0. The Hall–Kier alpha value is -1.68. The van der Waals surface area contributed by atoms with E-state index in [1.165, 1.54) is 18.1 Å². The summed E-state index contributed by atoms with van der Waals surface area (Å²) in [6.45, 7) is 8.00. The Morgan fingerprint density at radius 2 is 2.07 bits per heavy atom. The van der Waals surface area contributed by atoms with Gasteiger partial charge in [0.25, 0.3) is 0 Å². The Labute approximate surface area is 167 Å². The molecule has 0 saturated heterocycles. The lowest BCUT2D eigenvalue weighted by Crippen LogP contribution is -2.45. The topological polar surface area (TPSA) is 63.6 Å². The molecule has 2 saturated carbocycles. The number of rotatable bonds is 3. The van der Waals surface area contributed by atoms with Crippen LogP contribution in [0.1, 0.15) is 53.4 Å². The van der Waals surface area contributed by atoms with Crippen molar-refractivity contribution in [2.24, 2.45) is 34.5 Å². The van der Waals surface area contributed by atoms with Crippen molar-refractivity contribution in [3.8, 4) is 0 Å². The van der Waals surface area contributed by atoms with Crippen molar-refractivity contribution in [3.63, 3.8) is 0 Å². The molecule has 4 nitrogen and oxygen atoms in total. The van der Waals surface area contributed by atoms with E-state index < -0.39 is 12.1 Å². The standard InChI is InChI=1S/C24H32O4/c1-14-11-20-18-6-5-16-12-17(26)7-9-23(16,3)19(18)8-10-24(20,4)22(14)21(27)13-28-15(2)25/h7-9,12,14,17-18,20,22,26H,5-6,10-11,13H2,1-4H3/t14-,17?,18?,20?,22+,23-,24-/m0/s1. The molecule has 152 valence electrons. The average molecular weight is 385 g/mol. The third-order valence-electron chi connectivity index (χ3n) is 8.15. The van der Waals surface area contributed by atoms with Gasteiger partial charge < -0.3 is 9.84 Å². The van der Waals surface area contributed by atoms with Gasteiger partial charge in [0.1, 0.15) is 6.61 Å². The number of esters is 1. The normalized spacial score (nSPS) is 44.0. The predicted molar refractivity (Wildman–Crippen MR) is 107 cm³/mol. The zero-order chi connectivity index (χ0) is 20.3. The minimum Gasteiger partial charge on any atom is -0.458 e. The van der Waals surface area contributed by atoms with Crippen LogP contribution in [0.5, 0.6) is 0 Å². The Balaban J connectivity index is 1.65. The fourth-order valence-corrected chi connectivity index (χ4v) is 6.96. The summed E-state index contributed by atoms with van der Waals surface area (Å²) < 4.78 is 5.05. The van der Waals surface area contributed by atoms with Crippen LogP contribution in [0, 0.1) is 34.5 Å². The summed E-state index contributed by atoms with van der Waals surface area (Å²) >= 11 is 0. The van der Waals surface area contributed by atoms with Gasteiger partial charge in [-0.05, 0) is 55.8 Å². The summed E-state index contributed by atoms with van der Waals surface area (Å²) in [4.78, 5) is 24.1. The third kappa shape index (κ3) is 2.83. The Bertz CT molecular complexity index is 790. The van der Waals surface area contributed by atoms with Gasteiger partial charge in [0.2, 0.25) is 0 Å². The van der Waals surface area contributed by atoms with Crippen LogP contribution in [0.3, 0.4) is 0 Å². The number of ketones is 1. The lowest BCUT2D eigenvalue weighted by molar-refractivity contribution is -0.148. The molecule has 4 aliphatic rings. The van der Waals surface area contributed by atoms with Crippen LogP contribution in [-0.4, -0.2) is 29.6 Å². The highest BCUT2D eigenvalue weighted by Crippen LogP contribution is 2.65. The number of hydrogen-bond acceptors (Lipinski definition) is 4.